The number of ether oxygens (including phenoxy) is 1. The van der Waals surface area contributed by atoms with Gasteiger partial charge in [0.2, 0.25) is 0 Å². The van der Waals surface area contributed by atoms with Crippen LogP contribution in [0.5, 0.6) is 0 Å². The molecule has 21 heavy (non-hydrogen) atoms. The van der Waals surface area contributed by atoms with Crippen LogP contribution < -0.4 is 0 Å². The van der Waals surface area contributed by atoms with Crippen molar-refractivity contribution in [2.75, 3.05) is 7.11 Å². The Morgan fingerprint density at radius 2 is 2.19 bits per heavy atom. The van der Waals surface area contributed by atoms with Crippen LogP contribution in [0.15, 0.2) is 31.0 Å². The first kappa shape index (κ1) is 13.9. The van der Waals surface area contributed by atoms with Gasteiger partial charge in [-0.25, -0.2) is 4.79 Å². The first-order valence-corrected chi connectivity index (χ1v) is 7.56. The van der Waals surface area contributed by atoms with Crippen molar-refractivity contribution in [1.29, 1.82) is 0 Å². The highest BCUT2D eigenvalue weighted by Gasteiger charge is 2.20. The molecule has 1 aromatic heterocycles. The number of rotatable bonds is 4. The van der Waals surface area contributed by atoms with Crippen LogP contribution in [-0.2, 0) is 11.3 Å². The van der Waals surface area contributed by atoms with Gasteiger partial charge in [-0.2, -0.15) is 0 Å². The van der Waals surface area contributed by atoms with Crippen LogP contribution in [0.25, 0.3) is 17.0 Å². The summed E-state index contributed by atoms with van der Waals surface area (Å²) < 4.78 is 7.14. The van der Waals surface area contributed by atoms with Crippen molar-refractivity contribution >= 4 is 22.9 Å². The van der Waals surface area contributed by atoms with Gasteiger partial charge < -0.3 is 9.30 Å². The van der Waals surface area contributed by atoms with E-state index in [4.69, 9.17) is 4.74 Å². The molecular weight excluding hydrogens is 262 g/mol. The average Bonchev–Trinajstić information content (AvgIpc) is 3.14. The second-order valence-electron chi connectivity index (χ2n) is 5.82. The summed E-state index contributed by atoms with van der Waals surface area (Å²) in [5.41, 5.74) is 2.77. The summed E-state index contributed by atoms with van der Waals surface area (Å²) in [7, 11) is 1.43. The SMILES string of the molecule is C=Cc1ccc2c(c1)c(C(=O)OC)cn2CC1CCCC1. The summed E-state index contributed by atoms with van der Waals surface area (Å²) in [5, 5.41) is 0.956. The molecule has 1 aromatic carbocycles. The normalized spacial score (nSPS) is 15.5. The van der Waals surface area contributed by atoms with Crippen LogP contribution in [0.2, 0.25) is 0 Å². The topological polar surface area (TPSA) is 31.2 Å². The Bertz CT molecular complexity index is 678. The zero-order valence-electron chi connectivity index (χ0n) is 12.5. The molecule has 0 bridgehead atoms. The molecule has 3 nitrogen and oxygen atoms in total. The van der Waals surface area contributed by atoms with Gasteiger partial charge in [-0.3, -0.25) is 0 Å². The number of carbonyl (C=O) groups excluding carboxylic acids is 1. The number of hydrogen-bond acceptors (Lipinski definition) is 2. The Hall–Kier alpha value is -2.03. The molecule has 3 rings (SSSR count). The molecule has 0 spiro atoms. The Labute approximate surface area is 125 Å². The Morgan fingerprint density at radius 3 is 2.86 bits per heavy atom. The number of fused-ring (bicyclic) bond motifs is 1. The molecule has 0 N–H and O–H groups in total. The number of benzene rings is 1. The van der Waals surface area contributed by atoms with E-state index in [1.807, 2.05) is 18.3 Å². The molecule has 110 valence electrons. The minimum atomic E-state index is -0.272. The van der Waals surface area contributed by atoms with Crippen molar-refractivity contribution in [1.82, 2.24) is 4.57 Å². The van der Waals surface area contributed by atoms with Crippen LogP contribution in [0.3, 0.4) is 0 Å². The fourth-order valence-corrected chi connectivity index (χ4v) is 3.34. The predicted molar refractivity (Wildman–Crippen MR) is 85.3 cm³/mol. The highest BCUT2D eigenvalue weighted by atomic mass is 16.5. The lowest BCUT2D eigenvalue weighted by Gasteiger charge is -2.11. The molecule has 0 saturated heterocycles. The van der Waals surface area contributed by atoms with Crippen LogP contribution in [0, 0.1) is 5.92 Å². The number of methoxy groups -OCH3 is 1. The van der Waals surface area contributed by atoms with E-state index >= 15 is 0 Å². The zero-order valence-corrected chi connectivity index (χ0v) is 12.5. The molecule has 1 saturated carbocycles. The molecule has 1 heterocycles. The molecule has 1 aliphatic rings. The fraction of sp³-hybridized carbons (Fsp3) is 0.389. The maximum atomic E-state index is 12.0. The number of hydrogen-bond donors (Lipinski definition) is 0. The van der Waals surface area contributed by atoms with Crippen LogP contribution >= 0.6 is 0 Å². The van der Waals surface area contributed by atoms with Gasteiger partial charge in [-0.15, -0.1) is 0 Å². The summed E-state index contributed by atoms with van der Waals surface area (Å²) in [4.78, 5) is 12.0. The molecule has 0 amide bonds. The van der Waals surface area contributed by atoms with E-state index in [2.05, 4.69) is 17.2 Å². The molecule has 1 aliphatic carbocycles. The second kappa shape index (κ2) is 5.76. The largest absolute Gasteiger partial charge is 0.465 e. The van der Waals surface area contributed by atoms with E-state index in [9.17, 15) is 4.79 Å². The van der Waals surface area contributed by atoms with Crippen molar-refractivity contribution in [3.63, 3.8) is 0 Å². The van der Waals surface area contributed by atoms with E-state index in [-0.39, 0.29) is 5.97 Å². The minimum absolute atomic E-state index is 0.272. The fourth-order valence-electron chi connectivity index (χ4n) is 3.34. The van der Waals surface area contributed by atoms with E-state index in [1.165, 1.54) is 32.8 Å². The molecular formula is C18H21NO2. The number of carbonyl (C=O) groups is 1. The third kappa shape index (κ3) is 2.60. The lowest BCUT2D eigenvalue weighted by molar-refractivity contribution is 0.0602. The van der Waals surface area contributed by atoms with Crippen molar-refractivity contribution in [2.24, 2.45) is 5.92 Å². The van der Waals surface area contributed by atoms with Gasteiger partial charge >= 0.3 is 5.97 Å². The molecule has 0 radical (unpaired) electrons. The standard InChI is InChI=1S/C18H21NO2/c1-3-13-8-9-17-15(10-13)16(18(20)21-2)12-19(17)11-14-6-4-5-7-14/h3,8-10,12,14H,1,4-7,11H2,2H3. The van der Waals surface area contributed by atoms with Gasteiger partial charge in [0.05, 0.1) is 12.7 Å². The first-order valence-electron chi connectivity index (χ1n) is 7.56. The number of aromatic nitrogens is 1. The van der Waals surface area contributed by atoms with Crippen LogP contribution in [0.4, 0.5) is 0 Å². The van der Waals surface area contributed by atoms with Gasteiger partial charge in [-0.1, -0.05) is 31.6 Å². The summed E-state index contributed by atoms with van der Waals surface area (Å²) in [5.74, 6) is 0.455. The van der Waals surface area contributed by atoms with Gasteiger partial charge in [-0.05, 0) is 36.5 Å². The lowest BCUT2D eigenvalue weighted by Crippen LogP contribution is -2.06. The van der Waals surface area contributed by atoms with Gasteiger partial charge in [0.1, 0.15) is 0 Å². The Morgan fingerprint density at radius 1 is 1.43 bits per heavy atom. The third-order valence-electron chi connectivity index (χ3n) is 4.48. The molecule has 0 atom stereocenters. The second-order valence-corrected chi connectivity index (χ2v) is 5.82. The van der Waals surface area contributed by atoms with Crippen LogP contribution in [0.1, 0.15) is 41.6 Å². The predicted octanol–water partition coefficient (Wildman–Crippen LogP) is 4.26. The Kier molecular flexibility index (Phi) is 3.82. The van der Waals surface area contributed by atoms with Crippen LogP contribution in [-0.4, -0.2) is 17.6 Å². The summed E-state index contributed by atoms with van der Waals surface area (Å²) in [6, 6.07) is 6.13. The quantitative estimate of drug-likeness (QED) is 0.785. The molecule has 1 fully saturated rings. The first-order chi connectivity index (χ1) is 10.2. The average molecular weight is 283 g/mol. The monoisotopic (exact) mass is 283 g/mol. The summed E-state index contributed by atoms with van der Waals surface area (Å²) >= 11 is 0. The van der Waals surface area contributed by atoms with Gasteiger partial charge in [0.15, 0.2) is 0 Å². The maximum Gasteiger partial charge on any atom is 0.340 e. The highest BCUT2D eigenvalue weighted by Crippen LogP contribution is 2.30. The van der Waals surface area contributed by atoms with Crippen molar-refractivity contribution in [3.8, 4) is 0 Å². The molecule has 0 aliphatic heterocycles. The summed E-state index contributed by atoms with van der Waals surface area (Å²) in [6.45, 7) is 4.79. The lowest BCUT2D eigenvalue weighted by atomic mass is 10.1. The van der Waals surface area contributed by atoms with E-state index in [0.29, 0.717) is 5.56 Å². The van der Waals surface area contributed by atoms with E-state index in [0.717, 1.165) is 28.9 Å². The zero-order chi connectivity index (χ0) is 14.8. The number of esters is 1. The number of nitrogens with zero attached hydrogens (tertiary/aromatic N) is 1. The van der Waals surface area contributed by atoms with Crippen molar-refractivity contribution in [3.05, 3.63) is 42.1 Å². The molecule has 0 unspecified atom stereocenters. The van der Waals surface area contributed by atoms with Gasteiger partial charge in [0, 0.05) is 23.6 Å². The summed E-state index contributed by atoms with van der Waals surface area (Å²) in [6.07, 6.45) is 8.98. The van der Waals surface area contributed by atoms with Crippen molar-refractivity contribution < 1.29 is 9.53 Å². The smallest absolute Gasteiger partial charge is 0.340 e. The maximum absolute atomic E-state index is 12.0. The molecule has 3 heteroatoms. The van der Waals surface area contributed by atoms with Crippen molar-refractivity contribution in [2.45, 2.75) is 32.2 Å². The highest BCUT2D eigenvalue weighted by molar-refractivity contribution is 6.04. The third-order valence-corrected chi connectivity index (χ3v) is 4.48. The Balaban J connectivity index is 2.07. The van der Waals surface area contributed by atoms with Gasteiger partial charge in [0.25, 0.3) is 0 Å². The minimum Gasteiger partial charge on any atom is -0.465 e. The van der Waals surface area contributed by atoms with E-state index in [1.54, 1.807) is 6.08 Å². The van der Waals surface area contributed by atoms with E-state index < -0.39 is 0 Å². The molecule has 2 aromatic rings.